The van der Waals surface area contributed by atoms with Gasteiger partial charge < -0.3 is 19.5 Å². The van der Waals surface area contributed by atoms with E-state index in [9.17, 15) is 9.32 Å². The van der Waals surface area contributed by atoms with Crippen molar-refractivity contribution in [3.8, 4) is 11.5 Å². The third kappa shape index (κ3) is 4.66. The van der Waals surface area contributed by atoms with E-state index in [1.54, 1.807) is 32.6 Å². The first-order valence-electron chi connectivity index (χ1n) is 9.98. The number of hydrogen-bond donors (Lipinski definition) is 1. The first-order valence-corrected chi connectivity index (χ1v) is 11.9. The van der Waals surface area contributed by atoms with Crippen molar-refractivity contribution in [3.63, 3.8) is 0 Å². The molecule has 2 aromatic carbocycles. The molecule has 9 heteroatoms. The topological polar surface area (TPSA) is 83.7 Å². The largest absolute Gasteiger partial charge is 0.493 e. The van der Waals surface area contributed by atoms with Crippen LogP contribution in [0.25, 0.3) is 0 Å². The molecule has 2 aromatic rings. The number of rotatable bonds is 4. The van der Waals surface area contributed by atoms with Crippen molar-refractivity contribution in [2.24, 2.45) is 15.3 Å². The number of halogens is 1. The van der Waals surface area contributed by atoms with Gasteiger partial charge in [0, 0.05) is 31.5 Å². The van der Waals surface area contributed by atoms with Crippen LogP contribution in [0.4, 0.5) is 5.69 Å². The van der Waals surface area contributed by atoms with Gasteiger partial charge in [-0.2, -0.15) is 4.36 Å². The third-order valence-corrected chi connectivity index (χ3v) is 7.41. The SMILES string of the molecule is COc1cc2c(cc1OC)S(C)(=O)=NC(N1CCC(C(O)c3ccccc3)CC1)=N2.Cl. The van der Waals surface area contributed by atoms with Crippen molar-refractivity contribution >= 4 is 33.8 Å². The molecule has 2 aliphatic rings. The minimum Gasteiger partial charge on any atom is -0.493 e. The van der Waals surface area contributed by atoms with Gasteiger partial charge in [0.25, 0.3) is 0 Å². The number of aliphatic hydroxyl groups excluding tert-OH is 1. The maximum absolute atomic E-state index is 13.3. The Kier molecular flexibility index (Phi) is 7.13. The van der Waals surface area contributed by atoms with Crippen molar-refractivity contribution in [1.82, 2.24) is 4.90 Å². The Labute approximate surface area is 189 Å². The molecule has 0 aromatic heterocycles. The molecule has 2 heterocycles. The van der Waals surface area contributed by atoms with E-state index in [0.29, 0.717) is 41.1 Å². The number of ether oxygens (including phenoxy) is 2. The minimum absolute atomic E-state index is 0. The molecule has 1 fully saturated rings. The van der Waals surface area contributed by atoms with Crippen LogP contribution in [0.5, 0.6) is 11.5 Å². The van der Waals surface area contributed by atoms with E-state index < -0.39 is 15.8 Å². The van der Waals surface area contributed by atoms with Gasteiger partial charge in [0.15, 0.2) is 11.5 Å². The van der Waals surface area contributed by atoms with Gasteiger partial charge in [-0.1, -0.05) is 30.3 Å². The van der Waals surface area contributed by atoms with Gasteiger partial charge in [-0.25, -0.2) is 9.20 Å². The van der Waals surface area contributed by atoms with Gasteiger partial charge in [0.05, 0.1) is 40.6 Å². The van der Waals surface area contributed by atoms with E-state index >= 15 is 0 Å². The first kappa shape index (κ1) is 23.4. The molecular formula is C22H28ClN3O4S. The Morgan fingerprint density at radius 3 is 2.32 bits per heavy atom. The van der Waals surface area contributed by atoms with E-state index in [2.05, 4.69) is 14.3 Å². The fraction of sp³-hybridized carbons (Fsp3) is 0.409. The summed E-state index contributed by atoms with van der Waals surface area (Å²) in [6, 6.07) is 13.2. The van der Waals surface area contributed by atoms with E-state index in [-0.39, 0.29) is 18.3 Å². The molecule has 2 aliphatic heterocycles. The zero-order valence-electron chi connectivity index (χ0n) is 17.9. The molecular weight excluding hydrogens is 438 g/mol. The summed E-state index contributed by atoms with van der Waals surface area (Å²) >= 11 is 0. The summed E-state index contributed by atoms with van der Waals surface area (Å²) in [5.74, 6) is 1.71. The summed E-state index contributed by atoms with van der Waals surface area (Å²) in [6.07, 6.45) is 2.77. The van der Waals surface area contributed by atoms with Crippen LogP contribution in [0, 0.1) is 5.92 Å². The molecule has 1 saturated heterocycles. The number of methoxy groups -OCH3 is 2. The molecule has 1 N–H and O–H groups in total. The average Bonchev–Trinajstić information content (AvgIpc) is 2.78. The highest BCUT2D eigenvalue weighted by atomic mass is 35.5. The summed E-state index contributed by atoms with van der Waals surface area (Å²) in [5.41, 5.74) is 1.54. The molecule has 4 rings (SSSR count). The van der Waals surface area contributed by atoms with Gasteiger partial charge in [-0.3, -0.25) is 0 Å². The molecule has 31 heavy (non-hydrogen) atoms. The fourth-order valence-electron chi connectivity index (χ4n) is 4.04. The highest BCUT2D eigenvalue weighted by Crippen LogP contribution is 2.40. The van der Waals surface area contributed by atoms with Crippen LogP contribution < -0.4 is 9.47 Å². The number of nitrogens with zero attached hydrogens (tertiary/aromatic N) is 3. The summed E-state index contributed by atoms with van der Waals surface area (Å²) in [7, 11) is 0.456. The summed E-state index contributed by atoms with van der Waals surface area (Å²) < 4.78 is 28.5. The van der Waals surface area contributed by atoms with Gasteiger partial charge in [-0.05, 0) is 24.3 Å². The predicted molar refractivity (Wildman–Crippen MR) is 124 cm³/mol. The number of hydrogen-bond acceptors (Lipinski definition) is 7. The molecule has 0 aliphatic carbocycles. The molecule has 0 saturated carbocycles. The molecule has 7 nitrogen and oxygen atoms in total. The molecule has 0 spiro atoms. The van der Waals surface area contributed by atoms with Crippen molar-refractivity contribution in [3.05, 3.63) is 48.0 Å². The monoisotopic (exact) mass is 465 g/mol. The van der Waals surface area contributed by atoms with Crippen molar-refractivity contribution in [2.75, 3.05) is 33.6 Å². The Morgan fingerprint density at radius 1 is 1.10 bits per heavy atom. The first-order chi connectivity index (χ1) is 14.4. The average molecular weight is 466 g/mol. The number of piperidine rings is 1. The summed E-state index contributed by atoms with van der Waals surface area (Å²) in [5, 5.41) is 10.7. The van der Waals surface area contributed by atoms with Gasteiger partial charge in [0.1, 0.15) is 0 Å². The summed E-state index contributed by atoms with van der Waals surface area (Å²) in [4.78, 5) is 7.28. The van der Waals surface area contributed by atoms with Crippen molar-refractivity contribution in [1.29, 1.82) is 0 Å². The van der Waals surface area contributed by atoms with Crippen molar-refractivity contribution < 1.29 is 18.8 Å². The standard InChI is InChI=1S/C22H27N3O4S.ClH/c1-28-18-13-17-20(14-19(18)29-2)30(3,27)24-22(23-17)25-11-9-16(10-12-25)21(26)15-7-5-4-6-8-15;/h4-8,13-14,16,21,26H,9-12H2,1-3H3;1H. The number of guanidine groups is 1. The molecule has 2 atom stereocenters. The maximum atomic E-state index is 13.3. The van der Waals surface area contributed by atoms with Crippen LogP contribution in [-0.4, -0.2) is 53.7 Å². The smallest absolute Gasteiger partial charge is 0.234 e. The van der Waals surface area contributed by atoms with E-state index in [1.165, 1.54) is 0 Å². The predicted octanol–water partition coefficient (Wildman–Crippen LogP) is 4.03. The van der Waals surface area contributed by atoms with Crippen LogP contribution in [-0.2, 0) is 9.73 Å². The van der Waals surface area contributed by atoms with Crippen LogP contribution in [0.2, 0.25) is 0 Å². The maximum Gasteiger partial charge on any atom is 0.234 e. The number of likely N-dealkylation sites (tertiary alicyclic amines) is 1. The van der Waals surface area contributed by atoms with E-state index in [1.807, 2.05) is 30.3 Å². The summed E-state index contributed by atoms with van der Waals surface area (Å²) in [6.45, 7) is 1.41. The Hall–Kier alpha value is -2.29. The Bertz CT molecular complexity index is 1080. The quantitative estimate of drug-likeness (QED) is 0.737. The zero-order valence-corrected chi connectivity index (χ0v) is 19.5. The lowest BCUT2D eigenvalue weighted by atomic mass is 9.87. The van der Waals surface area contributed by atoms with Gasteiger partial charge in [0.2, 0.25) is 5.96 Å². The van der Waals surface area contributed by atoms with Crippen LogP contribution in [0.3, 0.4) is 0 Å². The lowest BCUT2D eigenvalue weighted by Crippen LogP contribution is -2.39. The highest BCUT2D eigenvalue weighted by Gasteiger charge is 2.30. The lowest BCUT2D eigenvalue weighted by molar-refractivity contribution is 0.0738. The number of aliphatic imine (C=N–C) groups is 1. The van der Waals surface area contributed by atoms with Crippen LogP contribution in [0.15, 0.2) is 56.7 Å². The number of benzene rings is 2. The second-order valence-corrected chi connectivity index (χ2v) is 9.89. The molecule has 0 amide bonds. The third-order valence-electron chi connectivity index (χ3n) is 5.76. The van der Waals surface area contributed by atoms with Gasteiger partial charge in [-0.15, -0.1) is 12.4 Å². The fourth-order valence-corrected chi connectivity index (χ4v) is 5.42. The molecule has 0 radical (unpaired) electrons. The molecule has 0 bridgehead atoms. The number of aliphatic hydroxyl groups is 1. The van der Waals surface area contributed by atoms with Crippen molar-refractivity contribution in [2.45, 2.75) is 23.8 Å². The normalized spacial score (nSPS) is 21.8. The van der Waals surface area contributed by atoms with Gasteiger partial charge >= 0.3 is 0 Å². The molecule has 168 valence electrons. The van der Waals surface area contributed by atoms with Crippen LogP contribution >= 0.6 is 12.4 Å². The Morgan fingerprint density at radius 2 is 1.71 bits per heavy atom. The number of fused-ring (bicyclic) bond motifs is 1. The van der Waals surface area contributed by atoms with E-state index in [4.69, 9.17) is 9.47 Å². The highest BCUT2D eigenvalue weighted by molar-refractivity contribution is 7.93. The van der Waals surface area contributed by atoms with Crippen LogP contribution in [0.1, 0.15) is 24.5 Å². The zero-order chi connectivity index (χ0) is 21.3. The second-order valence-electron chi connectivity index (χ2n) is 7.66. The molecule has 2 unspecified atom stereocenters. The lowest BCUT2D eigenvalue weighted by Gasteiger charge is -2.35. The minimum atomic E-state index is -2.65. The second kappa shape index (κ2) is 9.46. The Balaban J connectivity index is 0.00000272. The van der Waals surface area contributed by atoms with E-state index in [0.717, 1.165) is 18.4 Å².